The maximum Gasteiger partial charge on any atom is 0.338 e. The molecule has 0 radical (unpaired) electrons. The Kier molecular flexibility index (Phi) is 4.20. The smallest absolute Gasteiger partial charge is 0.338 e. The van der Waals surface area contributed by atoms with Crippen LogP contribution in [0.1, 0.15) is 24.4 Å². The van der Waals surface area contributed by atoms with E-state index in [1.807, 2.05) is 30.3 Å². The summed E-state index contributed by atoms with van der Waals surface area (Å²) >= 11 is 3.43. The molecule has 0 saturated heterocycles. The number of hydrogen-bond acceptors (Lipinski definition) is 3. The average molecular weight is 365 g/mol. The lowest BCUT2D eigenvalue weighted by Gasteiger charge is -2.36. The molecule has 1 atom stereocenters. The van der Waals surface area contributed by atoms with E-state index in [1.165, 1.54) is 7.11 Å². The van der Waals surface area contributed by atoms with Crippen LogP contribution in [-0.4, -0.2) is 35.4 Å². The summed E-state index contributed by atoms with van der Waals surface area (Å²) < 4.78 is 4.96. The Hall–Kier alpha value is -1.82. The molecule has 1 aliphatic heterocycles. The van der Waals surface area contributed by atoms with Crippen molar-refractivity contribution in [1.82, 2.24) is 10.2 Å². The Bertz CT molecular complexity index is 626. The van der Waals surface area contributed by atoms with Gasteiger partial charge in [0, 0.05) is 17.1 Å². The number of nitrogens with one attached hydrogen (secondary N) is 1. The Morgan fingerprint density at radius 3 is 2.59 bits per heavy atom. The molecule has 5 nitrogen and oxygen atoms in total. The van der Waals surface area contributed by atoms with Crippen molar-refractivity contribution >= 4 is 27.9 Å². The summed E-state index contributed by atoms with van der Waals surface area (Å²) in [7, 11) is 1.36. The molecule has 3 rings (SSSR count). The highest BCUT2D eigenvalue weighted by atomic mass is 79.9. The molecule has 1 heterocycles. The molecule has 1 unspecified atom stereocenters. The van der Waals surface area contributed by atoms with Crippen molar-refractivity contribution in [2.24, 2.45) is 0 Å². The first-order chi connectivity index (χ1) is 10.7. The van der Waals surface area contributed by atoms with Crippen molar-refractivity contribution in [3.8, 4) is 0 Å². The van der Waals surface area contributed by atoms with Crippen LogP contribution in [0.4, 0.5) is 4.79 Å². The molecule has 1 aromatic rings. The molecule has 0 aromatic heterocycles. The fourth-order valence-electron chi connectivity index (χ4n) is 2.78. The lowest BCUT2D eigenvalue weighted by molar-refractivity contribution is -0.136. The van der Waals surface area contributed by atoms with Gasteiger partial charge in [-0.05, 0) is 18.4 Å². The van der Waals surface area contributed by atoms with E-state index >= 15 is 0 Å². The van der Waals surface area contributed by atoms with Gasteiger partial charge >= 0.3 is 12.0 Å². The Morgan fingerprint density at radius 2 is 2.05 bits per heavy atom. The van der Waals surface area contributed by atoms with Crippen LogP contribution in [0.5, 0.6) is 0 Å². The first kappa shape index (κ1) is 15.1. The number of methoxy groups -OCH3 is 1. The molecule has 2 amide bonds. The minimum absolute atomic E-state index is 0.154. The molecule has 1 aromatic carbocycles. The van der Waals surface area contributed by atoms with Gasteiger partial charge < -0.3 is 10.1 Å². The van der Waals surface area contributed by atoms with Crippen molar-refractivity contribution in [3.63, 3.8) is 0 Å². The van der Waals surface area contributed by atoms with Gasteiger partial charge in [-0.25, -0.2) is 9.59 Å². The molecule has 0 bridgehead atoms. The van der Waals surface area contributed by atoms with E-state index in [0.717, 1.165) is 18.4 Å². The molecule has 116 valence electrons. The topological polar surface area (TPSA) is 58.6 Å². The van der Waals surface area contributed by atoms with Gasteiger partial charge in [0.15, 0.2) is 0 Å². The normalized spacial score (nSPS) is 21.6. The minimum Gasteiger partial charge on any atom is -0.466 e. The zero-order valence-electron chi connectivity index (χ0n) is 12.2. The maximum atomic E-state index is 12.5. The van der Waals surface area contributed by atoms with E-state index in [1.54, 1.807) is 4.90 Å². The van der Waals surface area contributed by atoms with Gasteiger partial charge in [0.2, 0.25) is 0 Å². The van der Waals surface area contributed by atoms with E-state index in [-0.39, 0.29) is 12.1 Å². The van der Waals surface area contributed by atoms with Crippen LogP contribution in [0.3, 0.4) is 0 Å². The zero-order valence-corrected chi connectivity index (χ0v) is 13.8. The first-order valence-electron chi connectivity index (χ1n) is 7.19. The highest BCUT2D eigenvalue weighted by molar-refractivity contribution is 9.09. The highest BCUT2D eigenvalue weighted by Crippen LogP contribution is 2.38. The van der Waals surface area contributed by atoms with Crippen LogP contribution >= 0.6 is 15.9 Å². The molecule has 1 aliphatic carbocycles. The number of benzene rings is 1. The Balaban J connectivity index is 2.11. The minimum atomic E-state index is -0.483. The van der Waals surface area contributed by atoms with E-state index in [0.29, 0.717) is 16.6 Å². The summed E-state index contributed by atoms with van der Waals surface area (Å²) in [6, 6.07) is 9.01. The predicted molar refractivity (Wildman–Crippen MR) is 85.4 cm³/mol. The number of carbonyl (C=O) groups is 2. The number of hydrogen-bond donors (Lipinski definition) is 1. The molecule has 6 heteroatoms. The van der Waals surface area contributed by atoms with Gasteiger partial charge in [0.25, 0.3) is 0 Å². The van der Waals surface area contributed by atoms with Crippen LogP contribution in [0.2, 0.25) is 0 Å². The molecular weight excluding hydrogens is 348 g/mol. The lowest BCUT2D eigenvalue weighted by atomic mass is 9.95. The number of ether oxygens (including phenoxy) is 1. The summed E-state index contributed by atoms with van der Waals surface area (Å²) in [5, 5.41) is 3.38. The number of urea groups is 1. The summed E-state index contributed by atoms with van der Waals surface area (Å²) in [6.45, 7) is 0. The van der Waals surface area contributed by atoms with Crippen LogP contribution in [0.25, 0.3) is 0 Å². The second-order valence-electron chi connectivity index (χ2n) is 5.38. The van der Waals surface area contributed by atoms with Crippen molar-refractivity contribution in [3.05, 3.63) is 47.2 Å². The SMILES string of the molecule is COC(=O)C1=C(CBr)N(C2CC2)C(=O)NC1c1ccccc1. The number of alkyl halides is 1. The second-order valence-corrected chi connectivity index (χ2v) is 5.94. The van der Waals surface area contributed by atoms with Gasteiger partial charge in [0.05, 0.1) is 18.7 Å². The summed E-state index contributed by atoms with van der Waals surface area (Å²) in [5.74, 6) is -0.408. The third-order valence-electron chi connectivity index (χ3n) is 3.95. The van der Waals surface area contributed by atoms with E-state index in [4.69, 9.17) is 4.74 Å². The van der Waals surface area contributed by atoms with Gasteiger partial charge in [-0.2, -0.15) is 0 Å². The molecule has 0 spiro atoms. The molecule has 22 heavy (non-hydrogen) atoms. The number of rotatable bonds is 4. The maximum absolute atomic E-state index is 12.5. The Labute approximate surface area is 137 Å². The molecule has 2 aliphatic rings. The third-order valence-corrected chi connectivity index (χ3v) is 4.48. The number of carbonyl (C=O) groups excluding carboxylic acids is 2. The first-order valence-corrected chi connectivity index (χ1v) is 8.31. The van der Waals surface area contributed by atoms with Crippen LogP contribution in [-0.2, 0) is 9.53 Å². The van der Waals surface area contributed by atoms with Crippen molar-refractivity contribution in [1.29, 1.82) is 0 Å². The number of allylic oxidation sites excluding steroid dienone is 1. The van der Waals surface area contributed by atoms with Crippen molar-refractivity contribution in [2.75, 3.05) is 12.4 Å². The standard InChI is InChI=1S/C16H17BrN2O3/c1-22-15(20)13-12(9-17)19(11-7-8-11)16(21)18-14(13)10-5-3-2-4-6-10/h2-6,11,14H,7-9H2,1H3,(H,18,21). The Morgan fingerprint density at radius 1 is 1.36 bits per heavy atom. The summed E-state index contributed by atoms with van der Waals surface area (Å²) in [5.41, 5.74) is 2.06. The number of esters is 1. The summed E-state index contributed by atoms with van der Waals surface area (Å²) in [6.07, 6.45) is 1.93. The molecule has 1 fully saturated rings. The van der Waals surface area contributed by atoms with Gasteiger partial charge in [-0.3, -0.25) is 4.90 Å². The molecule has 1 N–H and O–H groups in total. The molecule has 1 saturated carbocycles. The monoisotopic (exact) mass is 364 g/mol. The molecular formula is C16H17BrN2O3. The fraction of sp³-hybridized carbons (Fsp3) is 0.375. The van der Waals surface area contributed by atoms with Gasteiger partial charge in [-0.1, -0.05) is 46.3 Å². The largest absolute Gasteiger partial charge is 0.466 e. The van der Waals surface area contributed by atoms with Gasteiger partial charge in [0.1, 0.15) is 0 Å². The predicted octanol–water partition coefficient (Wildman–Crippen LogP) is 2.74. The zero-order chi connectivity index (χ0) is 15.7. The highest BCUT2D eigenvalue weighted by Gasteiger charge is 2.43. The van der Waals surface area contributed by atoms with Crippen LogP contribution in [0.15, 0.2) is 41.6 Å². The number of halogens is 1. The van der Waals surface area contributed by atoms with E-state index in [2.05, 4.69) is 21.2 Å². The lowest BCUT2D eigenvalue weighted by Crippen LogP contribution is -2.49. The van der Waals surface area contributed by atoms with Crippen LogP contribution < -0.4 is 5.32 Å². The fourth-order valence-corrected chi connectivity index (χ4v) is 3.35. The number of nitrogens with zero attached hydrogens (tertiary/aromatic N) is 1. The summed E-state index contributed by atoms with van der Waals surface area (Å²) in [4.78, 5) is 26.5. The average Bonchev–Trinajstić information content (AvgIpc) is 3.38. The van der Waals surface area contributed by atoms with Crippen LogP contribution in [0, 0.1) is 0 Å². The van der Waals surface area contributed by atoms with Crippen molar-refractivity contribution in [2.45, 2.75) is 24.9 Å². The van der Waals surface area contributed by atoms with E-state index in [9.17, 15) is 9.59 Å². The third kappa shape index (κ3) is 2.63. The van der Waals surface area contributed by atoms with Gasteiger partial charge in [-0.15, -0.1) is 0 Å². The number of amides is 2. The van der Waals surface area contributed by atoms with E-state index < -0.39 is 12.0 Å². The second kappa shape index (κ2) is 6.12. The van der Waals surface area contributed by atoms with Crippen molar-refractivity contribution < 1.29 is 14.3 Å². The quantitative estimate of drug-likeness (QED) is 0.660.